The Hall–Kier alpha value is -0.620. The van der Waals surface area contributed by atoms with Crippen LogP contribution in [0.4, 0.5) is 0 Å². The van der Waals surface area contributed by atoms with Gasteiger partial charge in [0, 0.05) is 0 Å². The highest BCUT2D eigenvalue weighted by Crippen LogP contribution is 2.15. The molecule has 0 aliphatic carbocycles. The van der Waals surface area contributed by atoms with Gasteiger partial charge in [0.2, 0.25) is 10.0 Å². The zero-order valence-electron chi connectivity index (χ0n) is 12.1. The van der Waals surface area contributed by atoms with E-state index in [4.69, 9.17) is 4.74 Å². The molecule has 0 radical (unpaired) electrons. The van der Waals surface area contributed by atoms with Crippen LogP contribution < -0.4 is 4.72 Å². The molecule has 0 unspecified atom stereocenters. The predicted octanol–water partition coefficient (Wildman–Crippen LogP) is 1.68. The van der Waals surface area contributed by atoms with E-state index in [0.29, 0.717) is 6.42 Å². The molecule has 1 N–H and O–H groups in total. The number of carbonyl (C=O) groups is 1. The van der Waals surface area contributed by atoms with E-state index in [1.54, 1.807) is 20.8 Å². The third-order valence-corrected chi connectivity index (χ3v) is 3.93. The van der Waals surface area contributed by atoms with Crippen molar-refractivity contribution in [3.05, 3.63) is 0 Å². The number of rotatable bonds is 6. The molecule has 0 spiro atoms. The van der Waals surface area contributed by atoms with Gasteiger partial charge in [-0.05, 0) is 33.6 Å². The van der Waals surface area contributed by atoms with Gasteiger partial charge < -0.3 is 4.74 Å². The minimum atomic E-state index is -3.43. The van der Waals surface area contributed by atoms with Crippen LogP contribution >= 0.6 is 0 Å². The number of ether oxygens (including phenoxy) is 1. The first-order chi connectivity index (χ1) is 8.02. The van der Waals surface area contributed by atoms with Gasteiger partial charge in [-0.25, -0.2) is 13.1 Å². The normalized spacial score (nSPS) is 16.1. The summed E-state index contributed by atoms with van der Waals surface area (Å²) in [5.41, 5.74) is -0.625. The Morgan fingerprint density at radius 3 is 2.11 bits per heavy atom. The van der Waals surface area contributed by atoms with E-state index in [9.17, 15) is 13.2 Å². The molecule has 0 saturated carbocycles. The second kappa shape index (κ2) is 6.52. The molecule has 108 valence electrons. The Labute approximate surface area is 110 Å². The van der Waals surface area contributed by atoms with Crippen LogP contribution in [0.3, 0.4) is 0 Å². The van der Waals surface area contributed by atoms with E-state index >= 15 is 0 Å². The smallest absolute Gasteiger partial charge is 0.324 e. The molecular formula is C12H25NO4S. The van der Waals surface area contributed by atoms with Gasteiger partial charge in [0.05, 0.1) is 5.75 Å². The summed E-state index contributed by atoms with van der Waals surface area (Å²) >= 11 is 0. The lowest BCUT2D eigenvalue weighted by atomic mass is 10.00. The van der Waals surface area contributed by atoms with E-state index in [1.807, 2.05) is 13.8 Å². The summed E-state index contributed by atoms with van der Waals surface area (Å²) in [6.07, 6.45) is 0.691. The Morgan fingerprint density at radius 2 is 1.78 bits per heavy atom. The predicted molar refractivity (Wildman–Crippen MR) is 71.7 cm³/mol. The van der Waals surface area contributed by atoms with Gasteiger partial charge in [-0.1, -0.05) is 20.3 Å². The second-order valence-electron chi connectivity index (χ2n) is 5.42. The van der Waals surface area contributed by atoms with Crippen LogP contribution in [0.5, 0.6) is 0 Å². The van der Waals surface area contributed by atoms with Gasteiger partial charge in [0.1, 0.15) is 11.6 Å². The standard InChI is InChI=1S/C12H25NO4S/c1-7-9(3)10(13-18(15,16)8-2)11(14)17-12(4,5)6/h9-10,13H,7-8H2,1-6H3/t9-,10-/m0/s1. The van der Waals surface area contributed by atoms with E-state index in [1.165, 1.54) is 6.92 Å². The molecule has 0 fully saturated rings. The van der Waals surface area contributed by atoms with Crippen molar-refractivity contribution in [3.63, 3.8) is 0 Å². The van der Waals surface area contributed by atoms with Crippen molar-refractivity contribution in [2.45, 2.75) is 59.6 Å². The number of carbonyl (C=O) groups excluding carboxylic acids is 1. The maximum Gasteiger partial charge on any atom is 0.324 e. The molecule has 0 bridgehead atoms. The monoisotopic (exact) mass is 279 g/mol. The van der Waals surface area contributed by atoms with Gasteiger partial charge in [0.15, 0.2) is 0 Å². The third kappa shape index (κ3) is 6.35. The number of nitrogens with one attached hydrogen (secondary N) is 1. The molecule has 5 nitrogen and oxygen atoms in total. The maximum absolute atomic E-state index is 12.0. The van der Waals surface area contributed by atoms with Crippen LogP contribution in [-0.2, 0) is 19.6 Å². The van der Waals surface area contributed by atoms with Gasteiger partial charge >= 0.3 is 5.97 Å². The Morgan fingerprint density at radius 1 is 1.28 bits per heavy atom. The van der Waals surface area contributed by atoms with Crippen molar-refractivity contribution < 1.29 is 17.9 Å². The molecule has 0 saturated heterocycles. The molecule has 2 atom stereocenters. The van der Waals surface area contributed by atoms with E-state index in [0.717, 1.165) is 0 Å². The first-order valence-corrected chi connectivity index (χ1v) is 7.90. The molecule has 0 aromatic carbocycles. The topological polar surface area (TPSA) is 72.5 Å². The van der Waals surface area contributed by atoms with E-state index in [-0.39, 0.29) is 11.7 Å². The quantitative estimate of drug-likeness (QED) is 0.751. The highest BCUT2D eigenvalue weighted by molar-refractivity contribution is 7.89. The van der Waals surface area contributed by atoms with Crippen molar-refractivity contribution in [2.75, 3.05) is 5.75 Å². The number of sulfonamides is 1. The average molecular weight is 279 g/mol. The fraction of sp³-hybridized carbons (Fsp3) is 0.917. The van der Waals surface area contributed by atoms with Gasteiger partial charge in [-0.3, -0.25) is 4.79 Å². The van der Waals surface area contributed by atoms with Crippen LogP contribution in [0.2, 0.25) is 0 Å². The fourth-order valence-corrected chi connectivity index (χ4v) is 2.16. The number of esters is 1. The van der Waals surface area contributed by atoms with Crippen LogP contribution in [0, 0.1) is 5.92 Å². The summed E-state index contributed by atoms with van der Waals surface area (Å²) in [6.45, 7) is 10.5. The summed E-state index contributed by atoms with van der Waals surface area (Å²) in [4.78, 5) is 12.0. The van der Waals surface area contributed by atoms with Crippen molar-refractivity contribution in [1.29, 1.82) is 0 Å². The molecule has 0 aromatic heterocycles. The first kappa shape index (κ1) is 17.4. The largest absolute Gasteiger partial charge is 0.459 e. The third-order valence-electron chi connectivity index (χ3n) is 2.56. The minimum Gasteiger partial charge on any atom is -0.459 e. The Balaban J connectivity index is 4.96. The van der Waals surface area contributed by atoms with Crippen LogP contribution in [-0.4, -0.2) is 31.8 Å². The molecule has 0 aliphatic heterocycles. The van der Waals surface area contributed by atoms with Gasteiger partial charge in [-0.2, -0.15) is 0 Å². The molecule has 6 heteroatoms. The van der Waals surface area contributed by atoms with Crippen LogP contribution in [0.15, 0.2) is 0 Å². The maximum atomic E-state index is 12.0. The van der Waals surface area contributed by atoms with E-state index in [2.05, 4.69) is 4.72 Å². The molecule has 0 amide bonds. The lowest BCUT2D eigenvalue weighted by Gasteiger charge is -2.27. The number of hydrogen-bond acceptors (Lipinski definition) is 4. The average Bonchev–Trinajstić information content (AvgIpc) is 2.22. The Kier molecular flexibility index (Phi) is 6.29. The zero-order chi connectivity index (χ0) is 14.6. The summed E-state index contributed by atoms with van der Waals surface area (Å²) in [5.74, 6) is -0.682. The zero-order valence-corrected chi connectivity index (χ0v) is 12.9. The second-order valence-corrected chi connectivity index (χ2v) is 7.46. The summed E-state index contributed by atoms with van der Waals surface area (Å²) < 4.78 is 30.8. The molecule has 18 heavy (non-hydrogen) atoms. The van der Waals surface area contributed by atoms with Crippen molar-refractivity contribution >= 4 is 16.0 Å². The lowest BCUT2D eigenvalue weighted by Crippen LogP contribution is -2.48. The summed E-state index contributed by atoms with van der Waals surface area (Å²) in [7, 11) is -3.43. The molecule has 0 rings (SSSR count). The van der Waals surface area contributed by atoms with Gasteiger partial charge in [-0.15, -0.1) is 0 Å². The van der Waals surface area contributed by atoms with Crippen molar-refractivity contribution in [3.8, 4) is 0 Å². The minimum absolute atomic E-state index is 0.0528. The SMILES string of the molecule is CC[C@H](C)[C@H](NS(=O)(=O)CC)C(=O)OC(C)(C)C. The van der Waals surface area contributed by atoms with Crippen molar-refractivity contribution in [1.82, 2.24) is 4.72 Å². The highest BCUT2D eigenvalue weighted by Gasteiger charge is 2.31. The van der Waals surface area contributed by atoms with Gasteiger partial charge in [0.25, 0.3) is 0 Å². The summed E-state index contributed by atoms with van der Waals surface area (Å²) in [5, 5.41) is 0. The number of hydrogen-bond donors (Lipinski definition) is 1. The molecule has 0 aliphatic rings. The first-order valence-electron chi connectivity index (χ1n) is 6.25. The van der Waals surface area contributed by atoms with Crippen LogP contribution in [0.1, 0.15) is 48.0 Å². The molecule has 0 aromatic rings. The summed E-state index contributed by atoms with van der Waals surface area (Å²) in [6, 6.07) is -0.820. The molecular weight excluding hydrogens is 254 g/mol. The Bertz CT molecular complexity index is 370. The van der Waals surface area contributed by atoms with E-state index < -0.39 is 27.6 Å². The fourth-order valence-electron chi connectivity index (χ4n) is 1.27. The molecule has 0 heterocycles. The van der Waals surface area contributed by atoms with Crippen molar-refractivity contribution in [2.24, 2.45) is 5.92 Å². The highest BCUT2D eigenvalue weighted by atomic mass is 32.2. The lowest BCUT2D eigenvalue weighted by molar-refractivity contribution is -0.158. The van der Waals surface area contributed by atoms with Crippen LogP contribution in [0.25, 0.3) is 0 Å².